The maximum absolute atomic E-state index is 13.0. The number of rotatable bonds is 7. The average molecular weight is 486 g/mol. The maximum Gasteiger partial charge on any atom is 0.261 e. The number of nitrogens with one attached hydrogen (secondary N) is 1. The number of imide groups is 1. The van der Waals surface area contributed by atoms with E-state index >= 15 is 0 Å². The number of nitrogens with zero attached hydrogens (tertiary/aromatic N) is 2. The summed E-state index contributed by atoms with van der Waals surface area (Å²) in [5, 5.41) is 2.87. The molecule has 2 aliphatic heterocycles. The number of ether oxygens (including phenoxy) is 2. The van der Waals surface area contributed by atoms with Gasteiger partial charge in [0, 0.05) is 30.9 Å². The first-order valence-electron chi connectivity index (χ1n) is 11.9. The maximum atomic E-state index is 13.0. The molecule has 36 heavy (non-hydrogen) atoms. The Balaban J connectivity index is 1.24. The van der Waals surface area contributed by atoms with Gasteiger partial charge in [-0.25, -0.2) is 0 Å². The van der Waals surface area contributed by atoms with Gasteiger partial charge in [0.05, 0.1) is 38.0 Å². The third-order valence-electron chi connectivity index (χ3n) is 6.45. The summed E-state index contributed by atoms with van der Waals surface area (Å²) in [5.41, 5.74) is 3.49. The van der Waals surface area contributed by atoms with Crippen LogP contribution in [0.1, 0.15) is 42.2 Å². The first-order valence-corrected chi connectivity index (χ1v) is 11.9. The minimum absolute atomic E-state index is 0.147. The predicted molar refractivity (Wildman–Crippen MR) is 134 cm³/mol. The van der Waals surface area contributed by atoms with E-state index in [0.29, 0.717) is 22.6 Å². The molecule has 0 unspecified atom stereocenters. The monoisotopic (exact) mass is 485 g/mol. The number of hydrogen-bond acceptors (Lipinski definition) is 6. The Labute approximate surface area is 209 Å². The third-order valence-corrected chi connectivity index (χ3v) is 6.45. The second-order valence-electron chi connectivity index (χ2n) is 8.84. The van der Waals surface area contributed by atoms with E-state index in [-0.39, 0.29) is 23.9 Å². The molecule has 2 aliphatic rings. The van der Waals surface area contributed by atoms with Gasteiger partial charge in [0.1, 0.15) is 5.75 Å². The summed E-state index contributed by atoms with van der Waals surface area (Å²) in [7, 11) is 1.58. The number of anilines is 1. The smallest absolute Gasteiger partial charge is 0.261 e. The van der Waals surface area contributed by atoms with Crippen molar-refractivity contribution in [2.24, 2.45) is 0 Å². The van der Waals surface area contributed by atoms with Crippen LogP contribution in [0.5, 0.6) is 5.75 Å². The number of morpholine rings is 1. The lowest BCUT2D eigenvalue weighted by Crippen LogP contribution is -2.35. The molecule has 2 heterocycles. The standard InChI is InChI=1S/C28H27N3O5/c1-35-23-9-4-20(5-10-23)18-31-27(33)24-11-6-21(16-25(24)28(31)34)26(32)29-22-7-2-19(3-8-22)17-30-12-14-36-15-13-30/h2-11,16H,12-15,17-18H2,1H3,(H,29,32). The molecular weight excluding hydrogens is 458 g/mol. The Bertz CT molecular complexity index is 1280. The molecule has 0 aromatic heterocycles. The highest BCUT2D eigenvalue weighted by atomic mass is 16.5. The van der Waals surface area contributed by atoms with Gasteiger partial charge in [-0.05, 0) is 53.6 Å². The van der Waals surface area contributed by atoms with Crippen LogP contribution < -0.4 is 10.1 Å². The fourth-order valence-electron chi connectivity index (χ4n) is 4.40. The summed E-state index contributed by atoms with van der Waals surface area (Å²) in [6.07, 6.45) is 0. The highest BCUT2D eigenvalue weighted by Gasteiger charge is 2.36. The molecule has 0 bridgehead atoms. The number of fused-ring (bicyclic) bond motifs is 1. The van der Waals surface area contributed by atoms with Gasteiger partial charge in [0.2, 0.25) is 0 Å². The van der Waals surface area contributed by atoms with Crippen LogP contribution in [0.25, 0.3) is 0 Å². The first-order chi connectivity index (χ1) is 17.5. The van der Waals surface area contributed by atoms with E-state index < -0.39 is 5.91 Å². The van der Waals surface area contributed by atoms with Crippen LogP contribution in [0, 0.1) is 0 Å². The first kappa shape index (κ1) is 23.7. The second-order valence-corrected chi connectivity index (χ2v) is 8.84. The van der Waals surface area contributed by atoms with Gasteiger partial charge in [-0.3, -0.25) is 24.2 Å². The van der Waals surface area contributed by atoms with Crippen molar-refractivity contribution in [1.82, 2.24) is 9.80 Å². The van der Waals surface area contributed by atoms with Crippen molar-refractivity contribution in [2.45, 2.75) is 13.1 Å². The second kappa shape index (κ2) is 10.3. The van der Waals surface area contributed by atoms with Crippen molar-refractivity contribution < 1.29 is 23.9 Å². The van der Waals surface area contributed by atoms with Crippen LogP contribution in [0.15, 0.2) is 66.7 Å². The van der Waals surface area contributed by atoms with Crippen molar-refractivity contribution in [1.29, 1.82) is 0 Å². The Hall–Kier alpha value is -4.01. The topological polar surface area (TPSA) is 88.2 Å². The van der Waals surface area contributed by atoms with Crippen molar-refractivity contribution in [3.8, 4) is 5.75 Å². The number of hydrogen-bond donors (Lipinski definition) is 1. The summed E-state index contributed by atoms with van der Waals surface area (Å²) in [5.74, 6) is -0.419. The van der Waals surface area contributed by atoms with E-state index in [2.05, 4.69) is 10.2 Å². The average Bonchev–Trinajstić information content (AvgIpc) is 3.15. The minimum Gasteiger partial charge on any atom is -0.497 e. The van der Waals surface area contributed by atoms with Crippen LogP contribution in [0.4, 0.5) is 5.69 Å². The highest BCUT2D eigenvalue weighted by Crippen LogP contribution is 2.26. The Kier molecular flexibility index (Phi) is 6.79. The van der Waals surface area contributed by atoms with Crippen molar-refractivity contribution >= 4 is 23.4 Å². The molecule has 0 radical (unpaired) electrons. The number of carbonyl (C=O) groups excluding carboxylic acids is 3. The lowest BCUT2D eigenvalue weighted by Gasteiger charge is -2.26. The molecule has 5 rings (SSSR count). The SMILES string of the molecule is COc1ccc(CN2C(=O)c3ccc(C(=O)Nc4ccc(CN5CCOCC5)cc4)cc3C2=O)cc1. The number of carbonyl (C=O) groups is 3. The van der Waals surface area contributed by atoms with Crippen LogP contribution >= 0.6 is 0 Å². The van der Waals surface area contributed by atoms with Crippen LogP contribution in [-0.4, -0.2) is 60.9 Å². The molecule has 0 aliphatic carbocycles. The quantitative estimate of drug-likeness (QED) is 0.515. The predicted octanol–water partition coefficient (Wildman–Crippen LogP) is 3.58. The molecule has 0 spiro atoms. The van der Waals surface area contributed by atoms with E-state index in [1.165, 1.54) is 11.0 Å². The minimum atomic E-state index is -0.409. The highest BCUT2D eigenvalue weighted by molar-refractivity contribution is 6.22. The van der Waals surface area contributed by atoms with Gasteiger partial charge in [-0.2, -0.15) is 0 Å². The Morgan fingerprint density at radius 2 is 1.50 bits per heavy atom. The van der Waals surface area contributed by atoms with E-state index in [1.54, 1.807) is 31.4 Å². The molecule has 8 nitrogen and oxygen atoms in total. The van der Waals surface area contributed by atoms with Crippen molar-refractivity contribution in [3.63, 3.8) is 0 Å². The fraction of sp³-hybridized carbons (Fsp3) is 0.250. The van der Waals surface area contributed by atoms with Gasteiger partial charge >= 0.3 is 0 Å². The fourth-order valence-corrected chi connectivity index (χ4v) is 4.40. The summed E-state index contributed by atoms with van der Waals surface area (Å²) in [4.78, 5) is 42.3. The summed E-state index contributed by atoms with van der Waals surface area (Å²) in [6, 6.07) is 19.5. The molecular formula is C28H27N3O5. The lowest BCUT2D eigenvalue weighted by molar-refractivity contribution is 0.0342. The van der Waals surface area contributed by atoms with Crippen LogP contribution in [-0.2, 0) is 17.8 Å². The lowest BCUT2D eigenvalue weighted by atomic mass is 10.1. The third kappa shape index (κ3) is 5.00. The molecule has 1 saturated heterocycles. The Morgan fingerprint density at radius 3 is 2.19 bits per heavy atom. The molecule has 3 aromatic rings. The molecule has 3 aromatic carbocycles. The zero-order valence-corrected chi connectivity index (χ0v) is 20.0. The molecule has 0 atom stereocenters. The van der Waals surface area contributed by atoms with Gasteiger partial charge in [-0.15, -0.1) is 0 Å². The summed E-state index contributed by atoms with van der Waals surface area (Å²) >= 11 is 0. The number of amides is 3. The molecule has 1 fully saturated rings. The van der Waals surface area contributed by atoms with Crippen LogP contribution in [0.3, 0.4) is 0 Å². The molecule has 8 heteroatoms. The van der Waals surface area contributed by atoms with Gasteiger partial charge in [0.25, 0.3) is 17.7 Å². The van der Waals surface area contributed by atoms with Gasteiger partial charge in [0.15, 0.2) is 0 Å². The zero-order valence-electron chi connectivity index (χ0n) is 20.0. The molecule has 184 valence electrons. The van der Waals surface area contributed by atoms with Gasteiger partial charge < -0.3 is 14.8 Å². The zero-order chi connectivity index (χ0) is 25.1. The van der Waals surface area contributed by atoms with E-state index in [4.69, 9.17) is 9.47 Å². The normalized spacial score (nSPS) is 15.6. The number of benzene rings is 3. The largest absolute Gasteiger partial charge is 0.497 e. The van der Waals surface area contributed by atoms with Crippen molar-refractivity contribution in [3.05, 3.63) is 94.5 Å². The van der Waals surface area contributed by atoms with Gasteiger partial charge in [-0.1, -0.05) is 24.3 Å². The van der Waals surface area contributed by atoms with Crippen LogP contribution in [0.2, 0.25) is 0 Å². The summed E-state index contributed by atoms with van der Waals surface area (Å²) in [6.45, 7) is 4.32. The molecule has 0 saturated carbocycles. The Morgan fingerprint density at radius 1 is 0.861 bits per heavy atom. The molecule has 3 amide bonds. The van der Waals surface area contributed by atoms with E-state index in [1.807, 2.05) is 36.4 Å². The van der Waals surface area contributed by atoms with E-state index in [9.17, 15) is 14.4 Å². The number of methoxy groups -OCH3 is 1. The van der Waals surface area contributed by atoms with E-state index in [0.717, 1.165) is 44.0 Å². The van der Waals surface area contributed by atoms with Crippen molar-refractivity contribution in [2.75, 3.05) is 38.7 Å². The summed E-state index contributed by atoms with van der Waals surface area (Å²) < 4.78 is 10.5. The molecule has 1 N–H and O–H groups in total.